The van der Waals surface area contributed by atoms with Crippen molar-refractivity contribution in [1.29, 1.82) is 0 Å². The molecule has 0 aromatic heterocycles. The molecule has 3 nitrogen and oxygen atoms in total. The highest BCUT2D eigenvalue weighted by Gasteiger charge is 2.05. The van der Waals surface area contributed by atoms with Crippen LogP contribution < -0.4 is 11.1 Å². The Morgan fingerprint density at radius 3 is 2.88 bits per heavy atom. The second-order valence-electron chi connectivity index (χ2n) is 3.67. The van der Waals surface area contributed by atoms with Crippen LogP contribution in [-0.2, 0) is 0 Å². The van der Waals surface area contributed by atoms with E-state index in [9.17, 15) is 4.79 Å². The third kappa shape index (κ3) is 3.77. The van der Waals surface area contributed by atoms with Crippen LogP contribution in [0, 0.1) is 6.92 Å². The lowest BCUT2D eigenvalue weighted by Crippen LogP contribution is -2.24. The number of amides is 1. The first-order valence-corrected chi connectivity index (χ1v) is 6.68. The van der Waals surface area contributed by atoms with Crippen LogP contribution in [0.25, 0.3) is 0 Å². The molecule has 0 saturated carbocycles. The van der Waals surface area contributed by atoms with E-state index in [1.54, 1.807) is 23.9 Å². The fourth-order valence-electron chi connectivity index (χ4n) is 1.30. The number of hydrogen-bond acceptors (Lipinski definition) is 3. The summed E-state index contributed by atoms with van der Waals surface area (Å²) >= 11 is 1.78. The molecule has 0 unspecified atom stereocenters. The fraction of sp³-hybridized carbons (Fsp3) is 0.417. The summed E-state index contributed by atoms with van der Waals surface area (Å²) in [7, 11) is 0. The first-order chi connectivity index (χ1) is 7.65. The van der Waals surface area contributed by atoms with Crippen LogP contribution in [-0.4, -0.2) is 24.5 Å². The van der Waals surface area contributed by atoms with E-state index in [4.69, 9.17) is 5.73 Å². The summed E-state index contributed by atoms with van der Waals surface area (Å²) in [6.45, 7) is 2.64. The van der Waals surface area contributed by atoms with Crippen molar-refractivity contribution in [2.75, 3.05) is 24.3 Å². The monoisotopic (exact) mass is 238 g/mol. The summed E-state index contributed by atoms with van der Waals surface area (Å²) in [6.07, 6.45) is 3.05. The summed E-state index contributed by atoms with van der Waals surface area (Å²) in [6, 6.07) is 5.39. The summed E-state index contributed by atoms with van der Waals surface area (Å²) in [5.74, 6) is 1.02. The van der Waals surface area contributed by atoms with Crippen molar-refractivity contribution in [1.82, 2.24) is 5.32 Å². The fourth-order valence-corrected chi connectivity index (χ4v) is 1.74. The zero-order valence-electron chi connectivity index (χ0n) is 9.75. The Morgan fingerprint density at radius 2 is 2.25 bits per heavy atom. The van der Waals surface area contributed by atoms with Crippen LogP contribution >= 0.6 is 11.8 Å². The van der Waals surface area contributed by atoms with E-state index in [2.05, 4.69) is 11.6 Å². The molecule has 0 spiro atoms. The molecule has 0 aliphatic rings. The lowest BCUT2D eigenvalue weighted by atomic mass is 10.1. The number of hydrogen-bond donors (Lipinski definition) is 2. The molecule has 0 radical (unpaired) electrons. The molecule has 1 aromatic carbocycles. The van der Waals surface area contributed by atoms with Crippen molar-refractivity contribution >= 4 is 23.4 Å². The highest BCUT2D eigenvalue weighted by Crippen LogP contribution is 2.12. The molecule has 4 heteroatoms. The van der Waals surface area contributed by atoms with E-state index >= 15 is 0 Å². The second-order valence-corrected chi connectivity index (χ2v) is 4.66. The molecule has 0 fully saturated rings. The maximum atomic E-state index is 11.7. The number of nitrogens with two attached hydrogens (primary N) is 1. The zero-order chi connectivity index (χ0) is 12.0. The molecular formula is C12H18N2OS. The van der Waals surface area contributed by atoms with E-state index in [-0.39, 0.29) is 5.91 Å². The number of aryl methyl sites for hydroxylation is 1. The lowest BCUT2D eigenvalue weighted by molar-refractivity contribution is 0.0954. The Kier molecular flexibility index (Phi) is 5.19. The van der Waals surface area contributed by atoms with Gasteiger partial charge in [0.1, 0.15) is 0 Å². The highest BCUT2D eigenvalue weighted by atomic mass is 32.2. The number of nitrogens with one attached hydrogen (secondary N) is 1. The Balaban J connectivity index is 2.50. The molecule has 3 N–H and O–H groups in total. The first kappa shape index (κ1) is 12.9. The quantitative estimate of drug-likeness (QED) is 0.610. The van der Waals surface area contributed by atoms with Crippen molar-refractivity contribution in [3.8, 4) is 0 Å². The molecule has 0 heterocycles. The number of benzene rings is 1. The number of carbonyl (C=O) groups excluding carboxylic acids is 1. The Hall–Kier alpha value is -1.16. The average Bonchev–Trinajstić information content (AvgIpc) is 2.28. The van der Waals surface area contributed by atoms with Gasteiger partial charge >= 0.3 is 0 Å². The standard InChI is InChI=1S/C12H18N2OS/c1-9-4-5-10(8-11(9)13)12(15)14-6-3-7-16-2/h4-5,8H,3,6-7,13H2,1-2H3,(H,14,15). The molecular weight excluding hydrogens is 220 g/mol. The van der Waals surface area contributed by atoms with Crippen LogP contribution in [0.1, 0.15) is 22.3 Å². The van der Waals surface area contributed by atoms with Crippen LogP contribution in [0.3, 0.4) is 0 Å². The highest BCUT2D eigenvalue weighted by molar-refractivity contribution is 7.98. The molecule has 0 atom stereocenters. The van der Waals surface area contributed by atoms with Gasteiger partial charge in [0.25, 0.3) is 5.91 Å². The van der Waals surface area contributed by atoms with Gasteiger partial charge in [-0.1, -0.05) is 6.07 Å². The van der Waals surface area contributed by atoms with Gasteiger partial charge in [-0.15, -0.1) is 0 Å². The molecule has 0 bridgehead atoms. The van der Waals surface area contributed by atoms with Crippen molar-refractivity contribution in [3.05, 3.63) is 29.3 Å². The van der Waals surface area contributed by atoms with Crippen molar-refractivity contribution in [2.24, 2.45) is 0 Å². The number of nitrogen functional groups attached to an aromatic ring is 1. The third-order valence-electron chi connectivity index (χ3n) is 2.35. The first-order valence-electron chi connectivity index (χ1n) is 5.28. The second kappa shape index (κ2) is 6.43. The van der Waals surface area contributed by atoms with Gasteiger partial charge in [0, 0.05) is 17.8 Å². The Bertz CT molecular complexity index is 366. The maximum Gasteiger partial charge on any atom is 0.251 e. The zero-order valence-corrected chi connectivity index (χ0v) is 10.6. The Labute approximate surface area is 101 Å². The van der Waals surface area contributed by atoms with E-state index in [0.29, 0.717) is 17.8 Å². The number of rotatable bonds is 5. The van der Waals surface area contributed by atoms with E-state index in [1.807, 2.05) is 13.0 Å². The molecule has 0 aliphatic heterocycles. The van der Waals surface area contributed by atoms with E-state index < -0.39 is 0 Å². The minimum atomic E-state index is -0.0483. The molecule has 1 rings (SSSR count). The molecule has 1 amide bonds. The molecule has 1 aromatic rings. The van der Waals surface area contributed by atoms with Gasteiger partial charge in [-0.25, -0.2) is 0 Å². The molecule has 0 saturated heterocycles. The molecule has 0 aliphatic carbocycles. The third-order valence-corrected chi connectivity index (χ3v) is 3.05. The SMILES string of the molecule is CSCCCNC(=O)c1ccc(C)c(N)c1. The van der Waals surface area contributed by atoms with Crippen molar-refractivity contribution in [3.63, 3.8) is 0 Å². The summed E-state index contributed by atoms with van der Waals surface area (Å²) < 4.78 is 0. The number of anilines is 1. The minimum absolute atomic E-state index is 0.0483. The van der Waals surface area contributed by atoms with Gasteiger partial charge in [-0.2, -0.15) is 11.8 Å². The largest absolute Gasteiger partial charge is 0.398 e. The van der Waals surface area contributed by atoms with Gasteiger partial charge in [0.15, 0.2) is 0 Å². The van der Waals surface area contributed by atoms with Gasteiger partial charge < -0.3 is 11.1 Å². The van der Waals surface area contributed by atoms with Crippen LogP contribution in [0.15, 0.2) is 18.2 Å². The van der Waals surface area contributed by atoms with E-state index in [0.717, 1.165) is 17.7 Å². The topological polar surface area (TPSA) is 55.1 Å². The number of carbonyl (C=O) groups is 1. The van der Waals surface area contributed by atoms with Crippen LogP contribution in [0.4, 0.5) is 5.69 Å². The summed E-state index contributed by atoms with van der Waals surface area (Å²) in [5.41, 5.74) is 8.05. The van der Waals surface area contributed by atoms with Gasteiger partial charge in [-0.3, -0.25) is 4.79 Å². The van der Waals surface area contributed by atoms with Crippen molar-refractivity contribution in [2.45, 2.75) is 13.3 Å². The molecule has 88 valence electrons. The predicted molar refractivity (Wildman–Crippen MR) is 70.9 cm³/mol. The van der Waals surface area contributed by atoms with Crippen molar-refractivity contribution < 1.29 is 4.79 Å². The minimum Gasteiger partial charge on any atom is -0.398 e. The predicted octanol–water partition coefficient (Wildman–Crippen LogP) is 2.06. The lowest BCUT2D eigenvalue weighted by Gasteiger charge is -2.06. The van der Waals surface area contributed by atoms with Gasteiger partial charge in [0.2, 0.25) is 0 Å². The summed E-state index contributed by atoms with van der Waals surface area (Å²) in [4.78, 5) is 11.7. The normalized spacial score (nSPS) is 10.1. The summed E-state index contributed by atoms with van der Waals surface area (Å²) in [5, 5.41) is 2.87. The van der Waals surface area contributed by atoms with Gasteiger partial charge in [0.05, 0.1) is 0 Å². The average molecular weight is 238 g/mol. The smallest absolute Gasteiger partial charge is 0.251 e. The number of thioether (sulfide) groups is 1. The molecule has 16 heavy (non-hydrogen) atoms. The van der Waals surface area contributed by atoms with Crippen LogP contribution in [0.2, 0.25) is 0 Å². The Morgan fingerprint density at radius 1 is 1.50 bits per heavy atom. The van der Waals surface area contributed by atoms with Crippen LogP contribution in [0.5, 0.6) is 0 Å². The van der Waals surface area contributed by atoms with Gasteiger partial charge in [-0.05, 0) is 43.0 Å². The maximum absolute atomic E-state index is 11.7. The van der Waals surface area contributed by atoms with E-state index in [1.165, 1.54) is 0 Å².